The maximum atomic E-state index is 5.35. The number of hydrogen-bond donors (Lipinski definition) is 1. The van der Waals surface area contributed by atoms with E-state index in [1.165, 1.54) is 0 Å². The molecule has 0 amide bonds. The molecular weight excluding hydrogens is 206 g/mol. The molecule has 0 saturated heterocycles. The van der Waals surface area contributed by atoms with Gasteiger partial charge in [0.1, 0.15) is 0 Å². The van der Waals surface area contributed by atoms with E-state index < -0.39 is 0 Å². The summed E-state index contributed by atoms with van der Waals surface area (Å²) in [5, 5.41) is 14.9. The molecule has 6 heteroatoms. The van der Waals surface area contributed by atoms with E-state index in [2.05, 4.69) is 27.8 Å². The Hall–Kier alpha value is -1.01. The molecule has 0 fully saturated rings. The predicted octanol–water partition coefficient (Wildman–Crippen LogP) is 0.598. The van der Waals surface area contributed by atoms with Gasteiger partial charge in [0, 0.05) is 7.11 Å². The van der Waals surface area contributed by atoms with Crippen molar-refractivity contribution >= 4 is 0 Å². The van der Waals surface area contributed by atoms with Gasteiger partial charge in [-0.1, -0.05) is 6.92 Å². The van der Waals surface area contributed by atoms with E-state index >= 15 is 0 Å². The Labute approximate surface area is 96.4 Å². The number of nitrogens with zero attached hydrogens (tertiary/aromatic N) is 4. The van der Waals surface area contributed by atoms with E-state index in [-0.39, 0.29) is 5.60 Å². The van der Waals surface area contributed by atoms with Gasteiger partial charge in [0.2, 0.25) is 0 Å². The molecule has 1 heterocycles. The second kappa shape index (κ2) is 5.91. The van der Waals surface area contributed by atoms with Crippen molar-refractivity contribution in [3.05, 3.63) is 5.82 Å². The quantitative estimate of drug-likeness (QED) is 0.691. The summed E-state index contributed by atoms with van der Waals surface area (Å²) in [5.41, 5.74) is -0.255. The van der Waals surface area contributed by atoms with Crippen molar-refractivity contribution in [2.45, 2.75) is 45.9 Å². The van der Waals surface area contributed by atoms with Crippen molar-refractivity contribution < 1.29 is 4.74 Å². The van der Waals surface area contributed by atoms with Gasteiger partial charge in [0.25, 0.3) is 0 Å². The van der Waals surface area contributed by atoms with Crippen LogP contribution in [0.2, 0.25) is 0 Å². The highest BCUT2D eigenvalue weighted by atomic mass is 16.5. The zero-order chi connectivity index (χ0) is 12.0. The molecule has 1 aromatic heterocycles. The van der Waals surface area contributed by atoms with Gasteiger partial charge in [0.05, 0.1) is 18.7 Å². The van der Waals surface area contributed by atoms with Crippen molar-refractivity contribution in [3.8, 4) is 0 Å². The second-order valence-electron chi connectivity index (χ2n) is 4.39. The molecule has 0 aliphatic carbocycles. The average molecular weight is 227 g/mol. The van der Waals surface area contributed by atoms with Crippen molar-refractivity contribution in [1.29, 1.82) is 0 Å². The summed E-state index contributed by atoms with van der Waals surface area (Å²) >= 11 is 0. The highest BCUT2D eigenvalue weighted by Crippen LogP contribution is 2.10. The van der Waals surface area contributed by atoms with Crippen LogP contribution in [0, 0.1) is 0 Å². The van der Waals surface area contributed by atoms with Crippen LogP contribution in [0.3, 0.4) is 0 Å². The van der Waals surface area contributed by atoms with Gasteiger partial charge in [-0.2, -0.15) is 0 Å². The van der Waals surface area contributed by atoms with Crippen molar-refractivity contribution in [1.82, 2.24) is 25.5 Å². The lowest BCUT2D eigenvalue weighted by Gasteiger charge is -2.22. The van der Waals surface area contributed by atoms with Crippen LogP contribution in [0.25, 0.3) is 0 Å². The lowest BCUT2D eigenvalue weighted by atomic mass is 10.1. The zero-order valence-electron chi connectivity index (χ0n) is 10.5. The molecule has 0 aliphatic heterocycles. The summed E-state index contributed by atoms with van der Waals surface area (Å²) < 4.78 is 7.14. The number of nitrogens with one attached hydrogen (secondary N) is 1. The lowest BCUT2D eigenvalue weighted by molar-refractivity contribution is 0.00424. The molecule has 0 bridgehead atoms. The van der Waals surface area contributed by atoms with E-state index in [1.807, 2.05) is 13.8 Å². The van der Waals surface area contributed by atoms with Crippen LogP contribution in [0.15, 0.2) is 0 Å². The monoisotopic (exact) mass is 227 g/mol. The van der Waals surface area contributed by atoms with Crippen LogP contribution >= 0.6 is 0 Å². The van der Waals surface area contributed by atoms with Crippen LogP contribution < -0.4 is 5.32 Å². The summed E-state index contributed by atoms with van der Waals surface area (Å²) in [6, 6.07) is 0. The van der Waals surface area contributed by atoms with E-state index in [9.17, 15) is 0 Å². The van der Waals surface area contributed by atoms with Gasteiger partial charge in [-0.25, -0.2) is 4.68 Å². The number of tetrazole rings is 1. The second-order valence-corrected chi connectivity index (χ2v) is 4.39. The Morgan fingerprint density at radius 1 is 1.44 bits per heavy atom. The van der Waals surface area contributed by atoms with Crippen molar-refractivity contribution in [2.24, 2.45) is 0 Å². The van der Waals surface area contributed by atoms with Gasteiger partial charge in [-0.3, -0.25) is 0 Å². The fourth-order valence-corrected chi connectivity index (χ4v) is 1.27. The first-order valence-corrected chi connectivity index (χ1v) is 5.60. The number of rotatable bonds is 7. The zero-order valence-corrected chi connectivity index (χ0v) is 10.5. The Morgan fingerprint density at radius 2 is 2.19 bits per heavy atom. The summed E-state index contributed by atoms with van der Waals surface area (Å²) in [7, 11) is 1.69. The molecule has 0 aliphatic rings. The molecule has 1 aromatic rings. The highest BCUT2D eigenvalue weighted by molar-refractivity contribution is 4.82. The summed E-state index contributed by atoms with van der Waals surface area (Å²) in [5.74, 6) is 0.846. The van der Waals surface area contributed by atoms with Crippen LogP contribution in [0.1, 0.15) is 33.0 Å². The van der Waals surface area contributed by atoms with E-state index in [4.69, 9.17) is 4.74 Å². The average Bonchev–Trinajstić information content (AvgIpc) is 2.66. The van der Waals surface area contributed by atoms with Crippen LogP contribution in [0.5, 0.6) is 0 Å². The number of ether oxygens (including phenoxy) is 1. The van der Waals surface area contributed by atoms with Crippen molar-refractivity contribution in [3.63, 3.8) is 0 Å². The first kappa shape index (κ1) is 13.1. The topological polar surface area (TPSA) is 64.9 Å². The SMILES string of the molecule is CCCNCc1nnnn1CC(C)(C)OC. The maximum absolute atomic E-state index is 5.35. The maximum Gasteiger partial charge on any atom is 0.165 e. The standard InChI is InChI=1S/C10H21N5O/c1-5-6-11-7-9-12-13-14-15(9)8-10(2,3)16-4/h11H,5-8H2,1-4H3. The largest absolute Gasteiger partial charge is 0.377 e. The molecule has 0 aromatic carbocycles. The van der Waals surface area contributed by atoms with Crippen LogP contribution in [0.4, 0.5) is 0 Å². The normalized spacial score (nSPS) is 12.0. The van der Waals surface area contributed by atoms with Gasteiger partial charge in [-0.15, -0.1) is 5.10 Å². The van der Waals surface area contributed by atoms with Gasteiger partial charge in [-0.05, 0) is 37.2 Å². The Balaban J connectivity index is 2.56. The fourth-order valence-electron chi connectivity index (χ4n) is 1.27. The van der Waals surface area contributed by atoms with Crippen LogP contribution in [-0.2, 0) is 17.8 Å². The predicted molar refractivity (Wildman–Crippen MR) is 60.9 cm³/mol. The van der Waals surface area contributed by atoms with E-state index in [0.717, 1.165) is 18.8 Å². The highest BCUT2D eigenvalue weighted by Gasteiger charge is 2.20. The minimum Gasteiger partial charge on any atom is -0.377 e. The third-order valence-electron chi connectivity index (χ3n) is 2.40. The molecule has 0 radical (unpaired) electrons. The smallest absolute Gasteiger partial charge is 0.165 e. The van der Waals surface area contributed by atoms with Gasteiger partial charge >= 0.3 is 0 Å². The first-order chi connectivity index (χ1) is 7.59. The molecule has 16 heavy (non-hydrogen) atoms. The summed E-state index contributed by atoms with van der Waals surface area (Å²) in [6.07, 6.45) is 1.10. The van der Waals surface area contributed by atoms with Crippen LogP contribution in [-0.4, -0.2) is 39.5 Å². The number of methoxy groups -OCH3 is 1. The summed E-state index contributed by atoms with van der Waals surface area (Å²) in [4.78, 5) is 0. The minimum absolute atomic E-state index is 0.255. The minimum atomic E-state index is -0.255. The third kappa shape index (κ3) is 3.86. The Morgan fingerprint density at radius 3 is 2.81 bits per heavy atom. The molecule has 1 N–H and O–H groups in total. The third-order valence-corrected chi connectivity index (χ3v) is 2.40. The number of aromatic nitrogens is 4. The first-order valence-electron chi connectivity index (χ1n) is 5.60. The van der Waals surface area contributed by atoms with E-state index in [1.54, 1.807) is 11.8 Å². The van der Waals surface area contributed by atoms with Crippen molar-refractivity contribution in [2.75, 3.05) is 13.7 Å². The van der Waals surface area contributed by atoms with Gasteiger partial charge in [0.15, 0.2) is 5.82 Å². The summed E-state index contributed by atoms with van der Waals surface area (Å²) in [6.45, 7) is 8.47. The Bertz CT molecular complexity index is 310. The molecule has 0 atom stereocenters. The Kier molecular flexibility index (Phi) is 4.82. The van der Waals surface area contributed by atoms with E-state index in [0.29, 0.717) is 13.1 Å². The molecule has 6 nitrogen and oxygen atoms in total. The molecule has 0 unspecified atom stereocenters. The molecule has 0 saturated carbocycles. The molecule has 92 valence electrons. The molecular formula is C10H21N5O. The number of hydrogen-bond acceptors (Lipinski definition) is 5. The van der Waals surface area contributed by atoms with Gasteiger partial charge < -0.3 is 10.1 Å². The molecule has 1 rings (SSSR count). The fraction of sp³-hybridized carbons (Fsp3) is 0.900. The lowest BCUT2D eigenvalue weighted by Crippen LogP contribution is -2.31. The molecule has 0 spiro atoms.